The van der Waals surface area contributed by atoms with E-state index < -0.39 is 22.4 Å². The van der Waals surface area contributed by atoms with Crippen LogP contribution in [0.5, 0.6) is 0 Å². The van der Waals surface area contributed by atoms with Crippen LogP contribution in [0.4, 0.5) is 13.2 Å². The van der Waals surface area contributed by atoms with Crippen molar-refractivity contribution in [2.24, 2.45) is 5.41 Å². The molecule has 4 saturated carbocycles. The Kier molecular flexibility index (Phi) is 1.68. The molecule has 0 heterocycles. The lowest BCUT2D eigenvalue weighted by atomic mass is 9.46. The number of nitrogens with zero attached hydrogens (tertiary/aromatic N) is 1. The molecule has 0 atom stereocenters. The predicted molar refractivity (Wildman–Crippen MR) is 51.9 cm³/mol. The van der Waals surface area contributed by atoms with Gasteiger partial charge in [0, 0.05) is 25.7 Å². The SMILES string of the molecule is N#CCC12CC3(F)CC(F)(CC(F)(C3)C1)C2. The quantitative estimate of drug-likeness (QED) is 0.676. The molecular weight excluding hydrogens is 215 g/mol. The zero-order valence-electron chi connectivity index (χ0n) is 9.03. The highest BCUT2D eigenvalue weighted by molar-refractivity contribution is 5.21. The molecule has 4 aliphatic rings. The molecule has 0 aromatic rings. The van der Waals surface area contributed by atoms with Gasteiger partial charge in [0.1, 0.15) is 17.0 Å². The Morgan fingerprint density at radius 3 is 1.50 bits per heavy atom. The molecule has 0 aromatic carbocycles. The zero-order valence-corrected chi connectivity index (χ0v) is 9.03. The molecule has 4 aliphatic carbocycles. The van der Waals surface area contributed by atoms with Crippen LogP contribution in [0.3, 0.4) is 0 Å². The van der Waals surface area contributed by atoms with Gasteiger partial charge in [0.25, 0.3) is 0 Å². The summed E-state index contributed by atoms with van der Waals surface area (Å²) in [5, 5.41) is 8.76. The number of hydrogen-bond acceptors (Lipinski definition) is 1. The molecule has 0 aliphatic heterocycles. The molecule has 0 N–H and O–H groups in total. The van der Waals surface area contributed by atoms with Crippen molar-refractivity contribution in [1.82, 2.24) is 0 Å². The third-order valence-corrected chi connectivity index (χ3v) is 4.43. The molecular formula is C12H14F3N. The first-order valence-electron chi connectivity index (χ1n) is 5.74. The summed E-state index contributed by atoms with van der Waals surface area (Å²) in [5.74, 6) is 0. The third kappa shape index (κ3) is 1.30. The highest BCUT2D eigenvalue weighted by Gasteiger charge is 2.70. The maximum atomic E-state index is 14.4. The molecule has 1 nitrogen and oxygen atoms in total. The van der Waals surface area contributed by atoms with Gasteiger partial charge in [-0.15, -0.1) is 0 Å². The van der Waals surface area contributed by atoms with Gasteiger partial charge in [0.2, 0.25) is 0 Å². The molecule has 0 unspecified atom stereocenters. The van der Waals surface area contributed by atoms with E-state index in [4.69, 9.17) is 5.26 Å². The van der Waals surface area contributed by atoms with E-state index in [1.54, 1.807) is 0 Å². The second-order valence-electron chi connectivity index (χ2n) is 6.35. The molecule has 4 rings (SSSR count). The molecule has 4 fully saturated rings. The van der Waals surface area contributed by atoms with Crippen LogP contribution < -0.4 is 0 Å². The van der Waals surface area contributed by atoms with Crippen molar-refractivity contribution in [3.8, 4) is 6.07 Å². The lowest BCUT2D eigenvalue weighted by Gasteiger charge is -2.62. The van der Waals surface area contributed by atoms with Crippen LogP contribution in [0.25, 0.3) is 0 Å². The maximum absolute atomic E-state index is 14.4. The van der Waals surface area contributed by atoms with Crippen LogP contribution in [0.2, 0.25) is 0 Å². The highest BCUT2D eigenvalue weighted by Crippen LogP contribution is 2.68. The molecule has 0 aromatic heterocycles. The second-order valence-corrected chi connectivity index (χ2v) is 6.35. The Hall–Kier alpha value is -0.720. The normalized spacial score (nSPS) is 58.6. The largest absolute Gasteiger partial charge is 0.244 e. The molecule has 88 valence electrons. The number of halogens is 3. The monoisotopic (exact) mass is 229 g/mol. The average Bonchev–Trinajstić information content (AvgIpc) is 1.91. The van der Waals surface area contributed by atoms with Gasteiger partial charge in [-0.05, 0) is 24.7 Å². The van der Waals surface area contributed by atoms with Crippen molar-refractivity contribution in [2.75, 3.05) is 0 Å². The van der Waals surface area contributed by atoms with E-state index in [0.29, 0.717) is 0 Å². The van der Waals surface area contributed by atoms with Gasteiger partial charge in [-0.2, -0.15) is 5.26 Å². The van der Waals surface area contributed by atoms with Gasteiger partial charge in [0.15, 0.2) is 0 Å². The van der Waals surface area contributed by atoms with Gasteiger partial charge in [-0.3, -0.25) is 0 Å². The minimum absolute atomic E-state index is 0.0794. The molecule has 0 saturated heterocycles. The Morgan fingerprint density at radius 2 is 1.19 bits per heavy atom. The summed E-state index contributed by atoms with van der Waals surface area (Å²) in [6.45, 7) is 0. The van der Waals surface area contributed by atoms with E-state index in [1.807, 2.05) is 6.07 Å². The van der Waals surface area contributed by atoms with Crippen LogP contribution in [-0.4, -0.2) is 17.0 Å². The molecule has 0 amide bonds. The first kappa shape index (κ1) is 10.4. The summed E-state index contributed by atoms with van der Waals surface area (Å²) in [6, 6.07) is 1.98. The van der Waals surface area contributed by atoms with Gasteiger partial charge in [-0.1, -0.05) is 0 Å². The Morgan fingerprint density at radius 1 is 0.812 bits per heavy atom. The first-order chi connectivity index (χ1) is 7.30. The predicted octanol–water partition coefficient (Wildman–Crippen LogP) is 3.39. The molecule has 16 heavy (non-hydrogen) atoms. The van der Waals surface area contributed by atoms with Crippen LogP contribution in [0.1, 0.15) is 44.9 Å². The van der Waals surface area contributed by atoms with Crippen LogP contribution >= 0.6 is 0 Å². The molecule has 4 heteroatoms. The van der Waals surface area contributed by atoms with E-state index in [2.05, 4.69) is 0 Å². The molecule has 4 bridgehead atoms. The average molecular weight is 229 g/mol. The minimum Gasteiger partial charge on any atom is -0.244 e. The number of hydrogen-bond donors (Lipinski definition) is 0. The van der Waals surface area contributed by atoms with Crippen molar-refractivity contribution in [1.29, 1.82) is 5.26 Å². The van der Waals surface area contributed by atoms with Crippen molar-refractivity contribution in [2.45, 2.75) is 62.0 Å². The number of alkyl halides is 3. The fourth-order valence-electron chi connectivity index (χ4n) is 4.82. The zero-order chi connectivity index (χ0) is 11.7. The second kappa shape index (κ2) is 2.57. The lowest BCUT2D eigenvalue weighted by Crippen LogP contribution is -2.65. The Labute approximate surface area is 92.6 Å². The van der Waals surface area contributed by atoms with E-state index in [1.165, 1.54) is 0 Å². The third-order valence-electron chi connectivity index (χ3n) is 4.43. The lowest BCUT2D eigenvalue weighted by molar-refractivity contribution is -0.215. The molecule has 0 radical (unpaired) electrons. The van der Waals surface area contributed by atoms with Crippen molar-refractivity contribution in [3.05, 3.63) is 0 Å². The summed E-state index contributed by atoms with van der Waals surface area (Å²) in [6.07, 6.45) is 0.0905. The van der Waals surface area contributed by atoms with Crippen LogP contribution in [-0.2, 0) is 0 Å². The van der Waals surface area contributed by atoms with Crippen molar-refractivity contribution in [3.63, 3.8) is 0 Å². The Balaban J connectivity index is 2.04. The number of rotatable bonds is 1. The summed E-state index contributed by atoms with van der Waals surface area (Å²) >= 11 is 0. The maximum Gasteiger partial charge on any atom is 0.117 e. The van der Waals surface area contributed by atoms with Crippen molar-refractivity contribution < 1.29 is 13.2 Å². The summed E-state index contributed by atoms with van der Waals surface area (Å²) < 4.78 is 43.1. The number of nitriles is 1. The fraction of sp³-hybridized carbons (Fsp3) is 0.917. The van der Waals surface area contributed by atoms with Crippen molar-refractivity contribution >= 4 is 0 Å². The fourth-order valence-corrected chi connectivity index (χ4v) is 4.82. The van der Waals surface area contributed by atoms with E-state index >= 15 is 0 Å². The van der Waals surface area contributed by atoms with Gasteiger partial charge in [0.05, 0.1) is 6.07 Å². The van der Waals surface area contributed by atoms with E-state index in [0.717, 1.165) is 0 Å². The van der Waals surface area contributed by atoms with Gasteiger partial charge in [-0.25, -0.2) is 13.2 Å². The van der Waals surface area contributed by atoms with E-state index in [-0.39, 0.29) is 44.9 Å². The summed E-state index contributed by atoms with van der Waals surface area (Å²) in [7, 11) is 0. The standard InChI is InChI=1S/C12H14F3N/c13-10-3-9(1-2-16)4-11(14,6-10)8-12(15,5-9)7-10/h1,3-8H2. The van der Waals surface area contributed by atoms with Gasteiger partial charge >= 0.3 is 0 Å². The smallest absolute Gasteiger partial charge is 0.117 e. The summed E-state index contributed by atoms with van der Waals surface area (Å²) in [5.41, 5.74) is -5.89. The van der Waals surface area contributed by atoms with Crippen LogP contribution in [0, 0.1) is 16.7 Å². The summed E-state index contributed by atoms with van der Waals surface area (Å²) in [4.78, 5) is 0. The van der Waals surface area contributed by atoms with Gasteiger partial charge < -0.3 is 0 Å². The molecule has 0 spiro atoms. The van der Waals surface area contributed by atoms with Crippen LogP contribution in [0.15, 0.2) is 0 Å². The first-order valence-corrected chi connectivity index (χ1v) is 5.74. The topological polar surface area (TPSA) is 23.8 Å². The highest BCUT2D eigenvalue weighted by atomic mass is 19.2. The van der Waals surface area contributed by atoms with E-state index in [9.17, 15) is 13.2 Å². The Bertz CT molecular complexity index is 333. The minimum atomic E-state index is -1.71.